The van der Waals surface area contributed by atoms with E-state index in [-0.39, 0.29) is 30.0 Å². The van der Waals surface area contributed by atoms with Gasteiger partial charge in [0.15, 0.2) is 5.96 Å². The molecule has 3 rings (SSSR count). The van der Waals surface area contributed by atoms with E-state index in [1.807, 2.05) is 30.3 Å². The van der Waals surface area contributed by atoms with E-state index in [4.69, 9.17) is 4.42 Å². The summed E-state index contributed by atoms with van der Waals surface area (Å²) in [6.45, 7) is 7.56. The second kappa shape index (κ2) is 10.8. The van der Waals surface area contributed by atoms with Crippen LogP contribution in [0.2, 0.25) is 0 Å². The predicted molar refractivity (Wildman–Crippen MR) is 125 cm³/mol. The molecule has 1 atom stereocenters. The van der Waals surface area contributed by atoms with E-state index in [1.165, 1.54) is 11.1 Å². The van der Waals surface area contributed by atoms with Crippen molar-refractivity contribution in [2.75, 3.05) is 6.54 Å². The molecule has 1 unspecified atom stereocenters. The highest BCUT2D eigenvalue weighted by Gasteiger charge is 2.10. The van der Waals surface area contributed by atoms with E-state index in [9.17, 15) is 0 Å². The van der Waals surface area contributed by atoms with Gasteiger partial charge in [0.05, 0.1) is 12.6 Å². The number of guanidine groups is 1. The Morgan fingerprint density at radius 2 is 1.82 bits per heavy atom. The molecular weight excluding hydrogens is 463 g/mol. The minimum absolute atomic E-state index is 0. The molecule has 0 amide bonds. The Morgan fingerprint density at radius 1 is 1.11 bits per heavy atom. The van der Waals surface area contributed by atoms with E-state index in [0.29, 0.717) is 12.4 Å². The first kappa shape index (κ1) is 21.9. The monoisotopic (exact) mass is 490 g/mol. The number of aryl methyl sites for hydroxylation is 1. The van der Waals surface area contributed by atoms with Crippen LogP contribution in [-0.2, 0) is 6.54 Å². The fourth-order valence-electron chi connectivity index (χ4n) is 2.93. The molecule has 0 aliphatic carbocycles. The van der Waals surface area contributed by atoms with Crippen LogP contribution in [0.4, 0.5) is 0 Å². The summed E-state index contributed by atoms with van der Waals surface area (Å²) in [5.74, 6) is 1.38. The zero-order valence-electron chi connectivity index (χ0n) is 16.5. The van der Waals surface area contributed by atoms with E-state index < -0.39 is 0 Å². The van der Waals surface area contributed by atoms with E-state index in [1.54, 1.807) is 6.26 Å². The maximum Gasteiger partial charge on any atom is 0.226 e. The second-order valence-corrected chi connectivity index (χ2v) is 6.43. The minimum Gasteiger partial charge on any atom is -0.444 e. The number of aromatic nitrogens is 1. The maximum absolute atomic E-state index is 5.59. The first-order valence-corrected chi connectivity index (χ1v) is 9.27. The quantitative estimate of drug-likeness (QED) is 0.287. The number of hydrogen-bond donors (Lipinski definition) is 2. The fourth-order valence-corrected chi connectivity index (χ4v) is 2.93. The van der Waals surface area contributed by atoms with Crippen LogP contribution in [0.5, 0.6) is 0 Å². The predicted octanol–water partition coefficient (Wildman–Crippen LogP) is 5.08. The van der Waals surface area contributed by atoms with Gasteiger partial charge in [-0.3, -0.25) is 0 Å². The van der Waals surface area contributed by atoms with Crippen molar-refractivity contribution in [3.63, 3.8) is 0 Å². The topological polar surface area (TPSA) is 62.5 Å². The van der Waals surface area contributed by atoms with Gasteiger partial charge >= 0.3 is 0 Å². The summed E-state index contributed by atoms with van der Waals surface area (Å²) in [5.41, 5.74) is 4.29. The molecule has 0 radical (unpaired) electrons. The highest BCUT2D eigenvalue weighted by atomic mass is 127. The summed E-state index contributed by atoms with van der Waals surface area (Å²) in [4.78, 5) is 9.19. The van der Waals surface area contributed by atoms with Gasteiger partial charge in [0.1, 0.15) is 12.0 Å². The lowest BCUT2D eigenvalue weighted by atomic mass is 10.0. The molecule has 0 spiro atoms. The second-order valence-electron chi connectivity index (χ2n) is 6.43. The lowest BCUT2D eigenvalue weighted by Gasteiger charge is -2.19. The lowest BCUT2D eigenvalue weighted by molar-refractivity contribution is 0.572. The molecule has 0 aliphatic rings. The van der Waals surface area contributed by atoms with Crippen molar-refractivity contribution in [3.8, 4) is 11.5 Å². The number of nitrogens with zero attached hydrogens (tertiary/aromatic N) is 2. The number of oxazole rings is 1. The third kappa shape index (κ3) is 5.82. The van der Waals surface area contributed by atoms with Gasteiger partial charge in [-0.15, -0.1) is 24.0 Å². The van der Waals surface area contributed by atoms with Gasteiger partial charge in [0, 0.05) is 12.1 Å². The molecule has 6 heteroatoms. The Hall–Kier alpha value is -2.35. The Labute approximate surface area is 183 Å². The Bertz CT molecular complexity index is 892. The van der Waals surface area contributed by atoms with Crippen LogP contribution in [-0.4, -0.2) is 17.5 Å². The molecular formula is C22H27IN4O. The summed E-state index contributed by atoms with van der Waals surface area (Å²) in [5, 5.41) is 6.76. The standard InChI is InChI=1S/C22H26N4O.HI/c1-4-23-22(25-17(3)20-13-9-8-10-16(20)2)24-14-19-15-27-21(26-19)18-11-6-5-7-12-18;/h5-13,15,17H,4,14H2,1-3H3,(H2,23,24,25);1H. The van der Waals surface area contributed by atoms with Gasteiger partial charge in [-0.05, 0) is 44.0 Å². The Balaban J connectivity index is 0.00000280. The normalized spacial score (nSPS) is 12.2. The van der Waals surface area contributed by atoms with Crippen molar-refractivity contribution in [3.05, 3.63) is 77.7 Å². The average Bonchev–Trinajstić information content (AvgIpc) is 3.16. The van der Waals surface area contributed by atoms with Gasteiger partial charge < -0.3 is 15.1 Å². The molecule has 1 heterocycles. The molecule has 148 valence electrons. The first-order chi connectivity index (χ1) is 13.2. The SMILES string of the molecule is CCNC(=NCc1coc(-c2ccccc2)n1)NC(C)c1ccccc1C.I. The van der Waals surface area contributed by atoms with Crippen molar-refractivity contribution >= 4 is 29.9 Å². The van der Waals surface area contributed by atoms with Gasteiger partial charge in [0.2, 0.25) is 5.89 Å². The molecule has 0 saturated heterocycles. The number of halogens is 1. The smallest absolute Gasteiger partial charge is 0.226 e. The lowest BCUT2D eigenvalue weighted by Crippen LogP contribution is -2.38. The third-order valence-electron chi connectivity index (χ3n) is 4.32. The molecule has 0 bridgehead atoms. The minimum atomic E-state index is 0. The highest BCUT2D eigenvalue weighted by molar-refractivity contribution is 14.0. The molecule has 5 nitrogen and oxygen atoms in total. The van der Waals surface area contributed by atoms with Crippen LogP contribution in [0.1, 0.15) is 36.7 Å². The van der Waals surface area contributed by atoms with E-state index >= 15 is 0 Å². The van der Waals surface area contributed by atoms with E-state index in [2.05, 4.69) is 65.6 Å². The molecule has 0 fully saturated rings. The Morgan fingerprint density at radius 3 is 2.54 bits per heavy atom. The number of hydrogen-bond acceptors (Lipinski definition) is 3. The summed E-state index contributed by atoms with van der Waals surface area (Å²) in [6.07, 6.45) is 1.67. The molecule has 2 aromatic carbocycles. The first-order valence-electron chi connectivity index (χ1n) is 9.27. The van der Waals surface area contributed by atoms with Crippen molar-refractivity contribution in [2.24, 2.45) is 4.99 Å². The molecule has 1 aromatic heterocycles. The molecule has 2 N–H and O–H groups in total. The summed E-state index contributed by atoms with van der Waals surface area (Å²) >= 11 is 0. The molecule has 28 heavy (non-hydrogen) atoms. The van der Waals surface area contributed by atoms with Crippen LogP contribution < -0.4 is 10.6 Å². The van der Waals surface area contributed by atoms with Crippen LogP contribution in [0.3, 0.4) is 0 Å². The van der Waals surface area contributed by atoms with Crippen molar-refractivity contribution in [1.82, 2.24) is 15.6 Å². The average molecular weight is 490 g/mol. The maximum atomic E-state index is 5.59. The van der Waals surface area contributed by atoms with Crippen molar-refractivity contribution < 1.29 is 4.42 Å². The number of benzene rings is 2. The summed E-state index contributed by atoms with van der Waals surface area (Å²) < 4.78 is 5.59. The van der Waals surface area contributed by atoms with Crippen molar-refractivity contribution in [1.29, 1.82) is 0 Å². The van der Waals surface area contributed by atoms with Gasteiger partial charge in [-0.2, -0.15) is 0 Å². The number of nitrogens with one attached hydrogen (secondary N) is 2. The fraction of sp³-hybridized carbons (Fsp3) is 0.273. The third-order valence-corrected chi connectivity index (χ3v) is 4.32. The summed E-state index contributed by atoms with van der Waals surface area (Å²) in [7, 11) is 0. The summed E-state index contributed by atoms with van der Waals surface area (Å²) in [6, 6.07) is 18.4. The van der Waals surface area contributed by atoms with E-state index in [0.717, 1.165) is 23.8 Å². The van der Waals surface area contributed by atoms with Crippen LogP contribution in [0.15, 0.2) is 70.3 Å². The van der Waals surface area contributed by atoms with Gasteiger partial charge in [0.25, 0.3) is 0 Å². The van der Waals surface area contributed by atoms with Crippen LogP contribution in [0, 0.1) is 6.92 Å². The molecule has 0 saturated carbocycles. The van der Waals surface area contributed by atoms with Gasteiger partial charge in [-0.1, -0.05) is 42.5 Å². The molecule has 3 aromatic rings. The largest absolute Gasteiger partial charge is 0.444 e. The zero-order chi connectivity index (χ0) is 19.1. The number of rotatable bonds is 6. The van der Waals surface area contributed by atoms with Crippen LogP contribution in [0.25, 0.3) is 11.5 Å². The zero-order valence-corrected chi connectivity index (χ0v) is 18.8. The highest BCUT2D eigenvalue weighted by Crippen LogP contribution is 2.19. The molecule has 0 aliphatic heterocycles. The Kier molecular flexibility index (Phi) is 8.50. The number of aliphatic imine (C=N–C) groups is 1. The van der Waals surface area contributed by atoms with Gasteiger partial charge in [-0.25, -0.2) is 9.98 Å². The van der Waals surface area contributed by atoms with Crippen LogP contribution >= 0.6 is 24.0 Å². The van der Waals surface area contributed by atoms with Crippen molar-refractivity contribution in [2.45, 2.75) is 33.4 Å².